The Morgan fingerprint density at radius 1 is 1.32 bits per heavy atom. The van der Waals surface area contributed by atoms with Crippen molar-refractivity contribution in [2.24, 2.45) is 34.5 Å². The van der Waals surface area contributed by atoms with E-state index in [9.17, 15) is 14.4 Å². The van der Waals surface area contributed by atoms with E-state index in [0.29, 0.717) is 25.2 Å². The SMILES string of the molecule is C=C1COC(=O)[C@@]12C[C@]1(C)[C@@H]([C@@H](OC(C)=O)CC[C@H]1C)[C@@H]2CC(=O)CC(C)C. The van der Waals surface area contributed by atoms with Gasteiger partial charge in [-0.15, -0.1) is 0 Å². The Labute approximate surface area is 168 Å². The maximum Gasteiger partial charge on any atom is 0.316 e. The van der Waals surface area contributed by atoms with Gasteiger partial charge in [-0.2, -0.15) is 0 Å². The summed E-state index contributed by atoms with van der Waals surface area (Å²) in [6.45, 7) is 14.3. The zero-order valence-electron chi connectivity index (χ0n) is 17.9. The number of hydrogen-bond acceptors (Lipinski definition) is 5. The van der Waals surface area contributed by atoms with Crippen LogP contribution in [-0.4, -0.2) is 30.4 Å². The number of ether oxygens (including phenoxy) is 2. The fourth-order valence-electron chi connectivity index (χ4n) is 6.32. The van der Waals surface area contributed by atoms with E-state index < -0.39 is 5.41 Å². The van der Waals surface area contributed by atoms with E-state index in [2.05, 4.69) is 20.4 Å². The smallest absolute Gasteiger partial charge is 0.316 e. The summed E-state index contributed by atoms with van der Waals surface area (Å²) >= 11 is 0. The third kappa shape index (κ3) is 3.21. The topological polar surface area (TPSA) is 69.7 Å². The Morgan fingerprint density at radius 3 is 2.54 bits per heavy atom. The van der Waals surface area contributed by atoms with Crippen molar-refractivity contribution in [2.75, 3.05) is 6.61 Å². The van der Waals surface area contributed by atoms with Gasteiger partial charge in [0, 0.05) is 25.7 Å². The average molecular weight is 391 g/mol. The zero-order valence-corrected chi connectivity index (χ0v) is 17.9. The van der Waals surface area contributed by atoms with Gasteiger partial charge in [-0.3, -0.25) is 14.4 Å². The molecule has 3 fully saturated rings. The molecule has 0 radical (unpaired) electrons. The third-order valence-electron chi connectivity index (χ3n) is 7.67. The minimum Gasteiger partial charge on any atom is -0.462 e. The van der Waals surface area contributed by atoms with Gasteiger partial charge >= 0.3 is 11.9 Å². The normalized spacial score (nSPS) is 39.9. The van der Waals surface area contributed by atoms with Crippen LogP contribution in [-0.2, 0) is 23.9 Å². The highest BCUT2D eigenvalue weighted by molar-refractivity contribution is 5.87. The molecule has 1 heterocycles. The summed E-state index contributed by atoms with van der Waals surface area (Å²) in [5.41, 5.74) is -0.250. The molecule has 0 aromatic heterocycles. The number of fused-ring (bicyclic) bond motifs is 1. The number of esters is 2. The largest absolute Gasteiger partial charge is 0.462 e. The lowest BCUT2D eigenvalue weighted by Crippen LogP contribution is -2.46. The van der Waals surface area contributed by atoms with Crippen molar-refractivity contribution in [1.29, 1.82) is 0 Å². The van der Waals surface area contributed by atoms with E-state index in [1.165, 1.54) is 6.92 Å². The first-order chi connectivity index (χ1) is 13.0. The van der Waals surface area contributed by atoms with Gasteiger partial charge in [0.1, 0.15) is 18.5 Å². The Morgan fingerprint density at radius 2 is 2.00 bits per heavy atom. The number of ketones is 1. The summed E-state index contributed by atoms with van der Waals surface area (Å²) < 4.78 is 11.2. The van der Waals surface area contributed by atoms with E-state index >= 15 is 0 Å². The molecule has 0 N–H and O–H groups in total. The molecule has 0 aromatic rings. The molecule has 5 nitrogen and oxygen atoms in total. The average Bonchev–Trinajstić information content (AvgIpc) is 3.00. The highest BCUT2D eigenvalue weighted by Crippen LogP contribution is 2.68. The maximum absolute atomic E-state index is 13.0. The maximum atomic E-state index is 13.0. The first-order valence-electron chi connectivity index (χ1n) is 10.6. The molecule has 5 heteroatoms. The van der Waals surface area contributed by atoms with Crippen molar-refractivity contribution in [3.05, 3.63) is 12.2 Å². The number of hydrogen-bond donors (Lipinski definition) is 0. The number of cyclic esters (lactones) is 1. The van der Waals surface area contributed by atoms with Crippen molar-refractivity contribution >= 4 is 17.7 Å². The van der Waals surface area contributed by atoms with Crippen molar-refractivity contribution in [2.45, 2.75) is 72.8 Å². The number of carbonyl (C=O) groups is 3. The van der Waals surface area contributed by atoms with Gasteiger partial charge in [0.05, 0.1) is 5.41 Å². The summed E-state index contributed by atoms with van der Waals surface area (Å²) in [5, 5.41) is 0. The molecule has 1 aliphatic heterocycles. The summed E-state index contributed by atoms with van der Waals surface area (Å²) in [5.74, 6) is -0.0165. The summed E-state index contributed by atoms with van der Waals surface area (Å²) in [4.78, 5) is 37.7. The van der Waals surface area contributed by atoms with Crippen LogP contribution in [0.25, 0.3) is 0 Å². The standard InChI is InChI=1S/C23H34O5/c1-13(2)9-17(25)10-18-20-19(28-16(5)24)8-7-14(3)22(20,6)12-23(18)15(4)11-27-21(23)26/h13-14,18-20H,4,7-12H2,1-3,5-6H3/t14-,18+,19+,20-,22+,23+/m1/s1. The van der Waals surface area contributed by atoms with Crippen LogP contribution in [0, 0.1) is 34.5 Å². The van der Waals surface area contributed by atoms with Crippen molar-refractivity contribution in [3.8, 4) is 0 Å². The molecule has 2 aliphatic carbocycles. The van der Waals surface area contributed by atoms with Crippen LogP contribution >= 0.6 is 0 Å². The Bertz CT molecular complexity index is 677. The summed E-state index contributed by atoms with van der Waals surface area (Å²) in [6.07, 6.45) is 2.88. The predicted molar refractivity (Wildman–Crippen MR) is 105 cm³/mol. The lowest BCUT2D eigenvalue weighted by Gasteiger charge is -2.47. The van der Waals surface area contributed by atoms with Crippen LogP contribution < -0.4 is 0 Å². The van der Waals surface area contributed by atoms with Gasteiger partial charge in [-0.1, -0.05) is 34.3 Å². The van der Waals surface area contributed by atoms with Crippen LogP contribution in [0.5, 0.6) is 0 Å². The lowest BCUT2D eigenvalue weighted by molar-refractivity contribution is -0.159. The van der Waals surface area contributed by atoms with E-state index in [0.717, 1.165) is 18.4 Å². The molecule has 0 aromatic carbocycles. The van der Waals surface area contributed by atoms with Crippen LogP contribution in [0.4, 0.5) is 0 Å². The molecule has 3 rings (SSSR count). The Balaban J connectivity index is 2.07. The zero-order chi connectivity index (χ0) is 20.9. The van der Waals surface area contributed by atoms with E-state index in [-0.39, 0.29) is 53.6 Å². The molecule has 156 valence electrons. The minimum absolute atomic E-state index is 0.0429. The first kappa shape index (κ1) is 21.1. The van der Waals surface area contributed by atoms with E-state index in [1.807, 2.05) is 13.8 Å². The number of carbonyl (C=O) groups excluding carboxylic acids is 3. The van der Waals surface area contributed by atoms with Crippen molar-refractivity contribution < 1.29 is 23.9 Å². The fraction of sp³-hybridized carbons (Fsp3) is 0.783. The van der Waals surface area contributed by atoms with Crippen molar-refractivity contribution in [3.63, 3.8) is 0 Å². The number of Topliss-reactive ketones (excluding diaryl/α,β-unsaturated/α-hetero) is 1. The predicted octanol–water partition coefficient (Wildman–Crippen LogP) is 4.10. The van der Waals surface area contributed by atoms with Gasteiger partial charge in [0.25, 0.3) is 0 Å². The second-order valence-corrected chi connectivity index (χ2v) is 9.93. The number of rotatable bonds is 5. The molecule has 1 saturated heterocycles. The van der Waals surface area contributed by atoms with Gasteiger partial charge < -0.3 is 9.47 Å². The summed E-state index contributed by atoms with van der Waals surface area (Å²) in [7, 11) is 0. The highest BCUT2D eigenvalue weighted by Gasteiger charge is 2.70. The fourth-order valence-corrected chi connectivity index (χ4v) is 6.32. The Hall–Kier alpha value is -1.65. The molecule has 6 atom stereocenters. The molecule has 3 aliphatic rings. The third-order valence-corrected chi connectivity index (χ3v) is 7.67. The van der Waals surface area contributed by atoms with E-state index in [4.69, 9.17) is 9.47 Å². The van der Waals surface area contributed by atoms with Gasteiger partial charge in [0.2, 0.25) is 0 Å². The molecular weight excluding hydrogens is 356 g/mol. The summed E-state index contributed by atoms with van der Waals surface area (Å²) in [6, 6.07) is 0. The molecule has 1 spiro atoms. The molecular formula is C23H34O5. The van der Waals surface area contributed by atoms with Crippen LogP contribution in [0.2, 0.25) is 0 Å². The molecule has 0 bridgehead atoms. The monoisotopic (exact) mass is 390 g/mol. The second-order valence-electron chi connectivity index (χ2n) is 9.93. The first-order valence-corrected chi connectivity index (χ1v) is 10.6. The van der Waals surface area contributed by atoms with Crippen LogP contribution in [0.15, 0.2) is 12.2 Å². The van der Waals surface area contributed by atoms with E-state index in [1.54, 1.807) is 0 Å². The molecule has 0 unspecified atom stereocenters. The van der Waals surface area contributed by atoms with Gasteiger partial charge in [-0.05, 0) is 48.0 Å². The molecule has 28 heavy (non-hydrogen) atoms. The quantitative estimate of drug-likeness (QED) is 0.522. The lowest BCUT2D eigenvalue weighted by atomic mass is 9.60. The van der Waals surface area contributed by atoms with Crippen LogP contribution in [0.3, 0.4) is 0 Å². The minimum atomic E-state index is -0.830. The van der Waals surface area contributed by atoms with Gasteiger partial charge in [0.15, 0.2) is 0 Å². The molecule has 0 amide bonds. The second kappa shape index (κ2) is 7.31. The van der Waals surface area contributed by atoms with Crippen molar-refractivity contribution in [1.82, 2.24) is 0 Å². The Kier molecular flexibility index (Phi) is 5.50. The van der Waals surface area contributed by atoms with Crippen LogP contribution in [0.1, 0.15) is 66.7 Å². The highest BCUT2D eigenvalue weighted by atomic mass is 16.5. The molecule has 2 saturated carbocycles. The van der Waals surface area contributed by atoms with Gasteiger partial charge in [-0.25, -0.2) is 0 Å².